The normalized spacial score (nSPS) is 20.0. The third kappa shape index (κ3) is 6.36. The molecule has 2 aliphatic heterocycles. The fourth-order valence-electron chi connectivity index (χ4n) is 4.19. The largest absolute Gasteiger partial charge is 0.490 e. The van der Waals surface area contributed by atoms with Crippen molar-refractivity contribution in [2.45, 2.75) is 37.8 Å². The highest BCUT2D eigenvalue weighted by Gasteiger charge is 2.24. The molecule has 1 unspecified atom stereocenters. The number of likely N-dealkylation sites (tertiary alicyclic amines) is 1. The minimum atomic E-state index is -0.102. The zero-order chi connectivity index (χ0) is 21.6. The van der Waals surface area contributed by atoms with Crippen molar-refractivity contribution in [3.05, 3.63) is 63.6 Å². The number of halogens is 2. The molecular weight excluding hydrogens is 433 g/mol. The number of benzene rings is 2. The van der Waals surface area contributed by atoms with E-state index in [0.717, 1.165) is 64.2 Å². The van der Waals surface area contributed by atoms with Crippen LogP contribution >= 0.6 is 23.2 Å². The summed E-state index contributed by atoms with van der Waals surface area (Å²) in [6.45, 7) is 4.90. The molecule has 2 fully saturated rings. The summed E-state index contributed by atoms with van der Waals surface area (Å²) in [6, 6.07) is 13.6. The Kier molecular flexibility index (Phi) is 7.72. The highest BCUT2D eigenvalue weighted by molar-refractivity contribution is 6.42. The maximum Gasteiger partial charge on any atom is 0.251 e. The van der Waals surface area contributed by atoms with Gasteiger partial charge in [-0.3, -0.25) is 4.79 Å². The Morgan fingerprint density at radius 2 is 1.84 bits per heavy atom. The number of hydrogen-bond donors (Lipinski definition) is 2. The van der Waals surface area contributed by atoms with Crippen molar-refractivity contribution in [2.24, 2.45) is 0 Å². The molecule has 4 rings (SSSR count). The van der Waals surface area contributed by atoms with Crippen LogP contribution in [-0.4, -0.2) is 55.7 Å². The van der Waals surface area contributed by atoms with Gasteiger partial charge in [0.15, 0.2) is 0 Å². The summed E-state index contributed by atoms with van der Waals surface area (Å²) in [5.41, 5.74) is 1.85. The predicted molar refractivity (Wildman–Crippen MR) is 125 cm³/mol. The van der Waals surface area contributed by atoms with Crippen molar-refractivity contribution in [1.29, 1.82) is 0 Å². The van der Waals surface area contributed by atoms with E-state index in [1.54, 1.807) is 18.2 Å². The van der Waals surface area contributed by atoms with Crippen LogP contribution < -0.4 is 15.4 Å². The molecule has 0 bridgehead atoms. The van der Waals surface area contributed by atoms with Crippen LogP contribution in [0.5, 0.6) is 5.75 Å². The summed E-state index contributed by atoms with van der Waals surface area (Å²) < 4.78 is 6.08. The van der Waals surface area contributed by atoms with Gasteiger partial charge in [-0.1, -0.05) is 35.3 Å². The third-order valence-corrected chi connectivity index (χ3v) is 6.76. The quantitative estimate of drug-likeness (QED) is 0.649. The van der Waals surface area contributed by atoms with Crippen molar-refractivity contribution >= 4 is 29.1 Å². The average molecular weight is 462 g/mol. The van der Waals surface area contributed by atoms with Gasteiger partial charge in [-0.05, 0) is 74.7 Å². The molecule has 2 N–H and O–H groups in total. The molecule has 0 spiro atoms. The molecule has 2 aromatic carbocycles. The molecule has 0 aliphatic carbocycles. The number of nitrogens with one attached hydrogen (secondary N) is 2. The lowest BCUT2D eigenvalue weighted by atomic mass is 10.1. The number of hydrogen-bond acceptors (Lipinski definition) is 4. The Morgan fingerprint density at radius 1 is 1.06 bits per heavy atom. The average Bonchev–Trinajstić information content (AvgIpc) is 3.23. The first-order valence-electron chi connectivity index (χ1n) is 11.0. The maximum atomic E-state index is 12.5. The Hall–Kier alpha value is -1.79. The second kappa shape index (κ2) is 10.7. The van der Waals surface area contributed by atoms with Crippen molar-refractivity contribution in [2.75, 3.05) is 32.7 Å². The molecule has 2 aliphatic rings. The van der Waals surface area contributed by atoms with E-state index in [1.165, 1.54) is 5.56 Å². The predicted octanol–water partition coefficient (Wildman–Crippen LogP) is 4.17. The van der Waals surface area contributed by atoms with Crippen LogP contribution in [0.3, 0.4) is 0 Å². The number of carbonyl (C=O) groups is 1. The highest BCUT2D eigenvalue weighted by Crippen LogP contribution is 2.23. The molecule has 166 valence electrons. The lowest BCUT2D eigenvalue weighted by Crippen LogP contribution is -2.37. The Bertz CT molecular complexity index is 885. The second-order valence-corrected chi connectivity index (χ2v) is 9.16. The first-order chi connectivity index (χ1) is 15.1. The van der Waals surface area contributed by atoms with E-state index >= 15 is 0 Å². The van der Waals surface area contributed by atoms with Gasteiger partial charge in [0, 0.05) is 31.2 Å². The summed E-state index contributed by atoms with van der Waals surface area (Å²) in [6.07, 6.45) is 4.41. The first-order valence-corrected chi connectivity index (χ1v) is 11.8. The van der Waals surface area contributed by atoms with E-state index in [4.69, 9.17) is 27.9 Å². The molecule has 2 saturated heterocycles. The first kappa shape index (κ1) is 22.4. The molecule has 1 amide bonds. The minimum absolute atomic E-state index is 0.102. The van der Waals surface area contributed by atoms with Crippen LogP contribution in [0.4, 0.5) is 0 Å². The van der Waals surface area contributed by atoms with E-state index in [-0.39, 0.29) is 11.9 Å². The zero-order valence-corrected chi connectivity index (χ0v) is 19.1. The van der Waals surface area contributed by atoms with Gasteiger partial charge in [-0.25, -0.2) is 0 Å². The van der Waals surface area contributed by atoms with Crippen molar-refractivity contribution < 1.29 is 9.53 Å². The fraction of sp³-hybridized carbons (Fsp3) is 0.458. The molecule has 0 radical (unpaired) electrons. The summed E-state index contributed by atoms with van der Waals surface area (Å²) in [4.78, 5) is 14.9. The lowest BCUT2D eigenvalue weighted by Gasteiger charge is -2.24. The van der Waals surface area contributed by atoms with E-state index in [1.807, 2.05) is 0 Å². The second-order valence-electron chi connectivity index (χ2n) is 8.35. The standard InChI is InChI=1S/C24H29Cl2N3O2/c25-22-6-3-18(15-23(22)26)24(30)28-19-10-14-29(16-19)13-9-17-1-4-20(5-2-17)31-21-7-11-27-12-8-21/h1-6,15,19,21,27H,7-14,16H2,(H,28,30). The molecule has 2 aromatic rings. The molecule has 7 heteroatoms. The van der Waals surface area contributed by atoms with Crippen LogP contribution in [0, 0.1) is 0 Å². The number of ether oxygens (including phenoxy) is 1. The number of carbonyl (C=O) groups excluding carboxylic acids is 1. The Labute approximate surface area is 194 Å². The molecular formula is C24H29Cl2N3O2. The number of amides is 1. The minimum Gasteiger partial charge on any atom is -0.490 e. The van der Waals surface area contributed by atoms with E-state index in [2.05, 4.69) is 39.8 Å². The van der Waals surface area contributed by atoms with Gasteiger partial charge < -0.3 is 20.3 Å². The maximum absolute atomic E-state index is 12.5. The number of nitrogens with zero attached hydrogens (tertiary/aromatic N) is 1. The van der Waals surface area contributed by atoms with Crippen LogP contribution in [0.1, 0.15) is 35.2 Å². The molecule has 1 atom stereocenters. The molecule has 2 heterocycles. The lowest BCUT2D eigenvalue weighted by molar-refractivity contribution is 0.0938. The summed E-state index contributed by atoms with van der Waals surface area (Å²) in [5.74, 6) is 0.858. The van der Waals surface area contributed by atoms with Crippen LogP contribution in [0.25, 0.3) is 0 Å². The van der Waals surface area contributed by atoms with Gasteiger partial charge in [0.2, 0.25) is 0 Å². The fourth-order valence-corrected chi connectivity index (χ4v) is 4.49. The Morgan fingerprint density at radius 3 is 2.58 bits per heavy atom. The van der Waals surface area contributed by atoms with E-state index < -0.39 is 0 Å². The smallest absolute Gasteiger partial charge is 0.251 e. The van der Waals surface area contributed by atoms with Crippen LogP contribution in [0.2, 0.25) is 10.0 Å². The summed E-state index contributed by atoms with van der Waals surface area (Å²) in [7, 11) is 0. The molecule has 0 saturated carbocycles. The van der Waals surface area contributed by atoms with Gasteiger partial charge in [-0.2, -0.15) is 0 Å². The topological polar surface area (TPSA) is 53.6 Å². The third-order valence-electron chi connectivity index (χ3n) is 6.02. The highest BCUT2D eigenvalue weighted by atomic mass is 35.5. The summed E-state index contributed by atoms with van der Waals surface area (Å²) in [5, 5.41) is 7.33. The van der Waals surface area contributed by atoms with E-state index in [0.29, 0.717) is 21.7 Å². The van der Waals surface area contributed by atoms with Crippen LogP contribution in [-0.2, 0) is 6.42 Å². The molecule has 31 heavy (non-hydrogen) atoms. The van der Waals surface area contributed by atoms with Gasteiger partial charge in [0.25, 0.3) is 5.91 Å². The number of rotatable bonds is 7. The van der Waals surface area contributed by atoms with Crippen molar-refractivity contribution in [1.82, 2.24) is 15.5 Å². The zero-order valence-electron chi connectivity index (χ0n) is 17.6. The van der Waals surface area contributed by atoms with Gasteiger partial charge in [-0.15, -0.1) is 0 Å². The van der Waals surface area contributed by atoms with Gasteiger partial charge in [0.05, 0.1) is 10.0 Å². The van der Waals surface area contributed by atoms with Crippen molar-refractivity contribution in [3.63, 3.8) is 0 Å². The molecule has 5 nitrogen and oxygen atoms in total. The SMILES string of the molecule is O=C(NC1CCN(CCc2ccc(OC3CCNCC3)cc2)C1)c1ccc(Cl)c(Cl)c1. The van der Waals surface area contributed by atoms with Gasteiger partial charge >= 0.3 is 0 Å². The summed E-state index contributed by atoms with van der Waals surface area (Å²) >= 11 is 12.0. The monoisotopic (exact) mass is 461 g/mol. The number of piperidine rings is 1. The van der Waals surface area contributed by atoms with E-state index in [9.17, 15) is 4.79 Å². The molecule has 0 aromatic heterocycles. The van der Waals surface area contributed by atoms with Crippen molar-refractivity contribution in [3.8, 4) is 5.75 Å². The van der Waals surface area contributed by atoms with Crippen LogP contribution in [0.15, 0.2) is 42.5 Å². The Balaban J connectivity index is 1.20. The van der Waals surface area contributed by atoms with Gasteiger partial charge in [0.1, 0.15) is 11.9 Å².